The number of rotatable bonds is 8. The molecule has 0 spiro atoms. The SMILES string of the molecule is Cc1nc(C)nc(Nc2ccc(/C=C/c3ccc(Nc4nc(C)nc(C)n4)cc3S(=O)(=O)[O-])c(S(=O)(=O)[O-])c2)n1.[Na+].[Na+]. The van der Waals surface area contributed by atoms with Gasteiger partial charge in [0.15, 0.2) is 0 Å². The molecule has 0 unspecified atom stereocenters. The summed E-state index contributed by atoms with van der Waals surface area (Å²) in [6, 6.07) is 7.87. The molecule has 0 aliphatic rings. The number of nitrogens with one attached hydrogen (secondary N) is 2. The minimum atomic E-state index is -4.96. The molecule has 4 aromatic rings. The Morgan fingerprint density at radius 1 is 0.571 bits per heavy atom. The number of hydrogen-bond acceptors (Lipinski definition) is 14. The van der Waals surface area contributed by atoms with Gasteiger partial charge in [-0.1, -0.05) is 24.3 Å². The van der Waals surface area contributed by atoms with Gasteiger partial charge in [-0.3, -0.25) is 0 Å². The number of anilines is 4. The van der Waals surface area contributed by atoms with Crippen molar-refractivity contribution in [1.29, 1.82) is 0 Å². The molecule has 14 nitrogen and oxygen atoms in total. The predicted molar refractivity (Wildman–Crippen MR) is 143 cm³/mol. The van der Waals surface area contributed by atoms with E-state index in [0.29, 0.717) is 23.3 Å². The molecule has 4 rings (SSSR count). The summed E-state index contributed by atoms with van der Waals surface area (Å²) in [4.78, 5) is 23.4. The molecule has 2 aromatic carbocycles. The second-order valence-electron chi connectivity index (χ2n) is 8.50. The first-order valence-electron chi connectivity index (χ1n) is 11.5. The van der Waals surface area contributed by atoms with E-state index < -0.39 is 30.0 Å². The van der Waals surface area contributed by atoms with Crippen LogP contribution < -0.4 is 69.7 Å². The molecule has 2 N–H and O–H groups in total. The van der Waals surface area contributed by atoms with Crippen LogP contribution in [0.2, 0.25) is 0 Å². The van der Waals surface area contributed by atoms with Crippen LogP contribution in [0.25, 0.3) is 12.2 Å². The summed E-state index contributed by atoms with van der Waals surface area (Å²) in [7, 11) is -9.92. The Morgan fingerprint density at radius 2 is 0.881 bits per heavy atom. The number of aryl methyl sites for hydroxylation is 4. The fourth-order valence-corrected chi connectivity index (χ4v) is 5.11. The Hall–Kier alpha value is -2.38. The average Bonchev–Trinajstić information content (AvgIpc) is 2.81. The summed E-state index contributed by atoms with van der Waals surface area (Å²) in [6.07, 6.45) is 2.45. The van der Waals surface area contributed by atoms with E-state index in [1.165, 1.54) is 36.4 Å². The summed E-state index contributed by atoms with van der Waals surface area (Å²) < 4.78 is 72.2. The van der Waals surface area contributed by atoms with E-state index in [4.69, 9.17) is 0 Å². The first-order chi connectivity index (χ1) is 18.7. The molecule has 0 atom stereocenters. The number of hydrogen-bond donors (Lipinski definition) is 2. The van der Waals surface area contributed by atoms with Crippen LogP contribution in [0.1, 0.15) is 34.4 Å². The zero-order chi connectivity index (χ0) is 29.2. The topological polar surface area (TPSA) is 216 Å². The normalized spacial score (nSPS) is 11.5. The van der Waals surface area contributed by atoms with Crippen molar-refractivity contribution in [2.45, 2.75) is 37.5 Å². The van der Waals surface area contributed by atoms with Crippen LogP contribution in [0, 0.1) is 27.7 Å². The number of benzene rings is 2. The van der Waals surface area contributed by atoms with Gasteiger partial charge in [-0.25, -0.2) is 26.8 Å². The van der Waals surface area contributed by atoms with Gasteiger partial charge in [0.1, 0.15) is 43.5 Å². The molecule has 0 amide bonds. The molecule has 42 heavy (non-hydrogen) atoms. The predicted octanol–water partition coefficient (Wildman–Crippen LogP) is -3.24. The fourth-order valence-electron chi connectivity index (χ4n) is 3.71. The summed E-state index contributed by atoms with van der Waals surface area (Å²) >= 11 is 0. The van der Waals surface area contributed by atoms with Crippen molar-refractivity contribution in [2.75, 3.05) is 10.6 Å². The first-order valence-corrected chi connectivity index (χ1v) is 14.3. The maximum absolute atomic E-state index is 12.0. The standard InChI is InChI=1S/C24H24N8O6S2.2Na/c1-13-25-14(2)28-23(27-13)31-19-9-7-17(21(11-19)39(33,34)35)5-6-18-8-10-20(12-22(18)40(36,37)38)32-24-29-15(3)26-16(4)30-24;;/h5-12H,1-4H3,(H,33,34,35)(H,36,37,38)(H,25,27,28,31)(H,26,29,30,32);;/q;2*+1/p-2/b6-5+;;. The molecule has 0 aliphatic heterocycles. The number of aromatic nitrogens is 6. The van der Waals surface area contributed by atoms with Gasteiger partial charge in [0, 0.05) is 11.4 Å². The second kappa shape index (κ2) is 14.4. The van der Waals surface area contributed by atoms with Gasteiger partial charge >= 0.3 is 59.1 Å². The molecule has 208 valence electrons. The van der Waals surface area contributed by atoms with Crippen molar-refractivity contribution in [3.63, 3.8) is 0 Å². The summed E-state index contributed by atoms with van der Waals surface area (Å²) in [5.41, 5.74) is 0.379. The zero-order valence-electron chi connectivity index (χ0n) is 23.6. The van der Waals surface area contributed by atoms with E-state index in [0.717, 1.165) is 12.1 Å². The van der Waals surface area contributed by atoms with Crippen LogP contribution in [-0.2, 0) is 20.2 Å². The van der Waals surface area contributed by atoms with Crippen LogP contribution in [0.4, 0.5) is 23.3 Å². The van der Waals surface area contributed by atoms with Gasteiger partial charge in [-0.2, -0.15) is 19.9 Å². The Balaban J connectivity index is 0.00000308. The summed E-state index contributed by atoms with van der Waals surface area (Å²) in [6.45, 7) is 6.65. The van der Waals surface area contributed by atoms with Crippen LogP contribution in [0.5, 0.6) is 0 Å². The monoisotopic (exact) mass is 628 g/mol. The quantitative estimate of drug-likeness (QED) is 0.111. The van der Waals surface area contributed by atoms with Crippen molar-refractivity contribution in [3.8, 4) is 0 Å². The largest absolute Gasteiger partial charge is 1.00 e. The van der Waals surface area contributed by atoms with Gasteiger partial charge in [-0.05, 0) is 63.1 Å². The molecule has 0 fully saturated rings. The van der Waals surface area contributed by atoms with E-state index in [-0.39, 0.29) is 93.5 Å². The van der Waals surface area contributed by atoms with Crippen molar-refractivity contribution in [1.82, 2.24) is 29.9 Å². The minimum Gasteiger partial charge on any atom is -0.744 e. The van der Waals surface area contributed by atoms with E-state index in [1.807, 2.05) is 0 Å². The molecular formula is C24H22N8Na2O6S2. The van der Waals surface area contributed by atoms with Gasteiger partial charge < -0.3 is 19.7 Å². The maximum atomic E-state index is 12.0. The van der Waals surface area contributed by atoms with Gasteiger partial charge in [-0.15, -0.1) is 0 Å². The van der Waals surface area contributed by atoms with E-state index in [9.17, 15) is 25.9 Å². The fraction of sp³-hybridized carbons (Fsp3) is 0.167. The second-order valence-corrected chi connectivity index (χ2v) is 11.2. The Bertz CT molecular complexity index is 1700. The smallest absolute Gasteiger partial charge is 0.744 e. The van der Waals surface area contributed by atoms with Gasteiger partial charge in [0.2, 0.25) is 11.9 Å². The molecule has 0 saturated heterocycles. The van der Waals surface area contributed by atoms with E-state index >= 15 is 0 Å². The van der Waals surface area contributed by atoms with Crippen LogP contribution >= 0.6 is 0 Å². The molecule has 0 bridgehead atoms. The first kappa shape index (κ1) is 35.8. The Morgan fingerprint density at radius 3 is 1.17 bits per heavy atom. The Labute approximate surface area is 287 Å². The third-order valence-electron chi connectivity index (χ3n) is 5.24. The summed E-state index contributed by atoms with van der Waals surface area (Å²) in [5, 5.41) is 5.66. The molecule has 2 aromatic heterocycles. The summed E-state index contributed by atoms with van der Waals surface area (Å²) in [5.74, 6) is 2.07. The van der Waals surface area contributed by atoms with Crippen molar-refractivity contribution >= 4 is 55.7 Å². The average molecular weight is 629 g/mol. The third-order valence-corrected chi connectivity index (χ3v) is 7.02. The zero-order valence-corrected chi connectivity index (χ0v) is 29.2. The Kier molecular flexibility index (Phi) is 12.3. The van der Waals surface area contributed by atoms with Crippen LogP contribution in [-0.4, -0.2) is 55.8 Å². The maximum Gasteiger partial charge on any atom is 1.00 e. The van der Waals surface area contributed by atoms with Gasteiger partial charge in [0.25, 0.3) is 0 Å². The van der Waals surface area contributed by atoms with Crippen molar-refractivity contribution < 1.29 is 85.1 Å². The third kappa shape index (κ3) is 9.57. The molecule has 0 aliphatic carbocycles. The van der Waals surface area contributed by atoms with Crippen LogP contribution in [0.15, 0.2) is 46.2 Å². The molecule has 0 radical (unpaired) electrons. The van der Waals surface area contributed by atoms with Crippen LogP contribution in [0.3, 0.4) is 0 Å². The van der Waals surface area contributed by atoms with Gasteiger partial charge in [0.05, 0.1) is 9.79 Å². The minimum absolute atomic E-state index is 0. The molecule has 18 heteroatoms. The van der Waals surface area contributed by atoms with E-state index in [1.54, 1.807) is 27.7 Å². The number of nitrogens with zero attached hydrogens (tertiary/aromatic N) is 6. The molecular weight excluding hydrogens is 606 g/mol. The van der Waals surface area contributed by atoms with Crippen molar-refractivity contribution in [3.05, 3.63) is 70.8 Å². The van der Waals surface area contributed by atoms with Crippen molar-refractivity contribution in [2.24, 2.45) is 0 Å². The molecule has 0 saturated carbocycles. The molecule has 2 heterocycles. The van der Waals surface area contributed by atoms with E-state index in [2.05, 4.69) is 40.5 Å².